The van der Waals surface area contributed by atoms with Crippen molar-refractivity contribution in [3.8, 4) is 0 Å². The predicted octanol–water partition coefficient (Wildman–Crippen LogP) is 5.66. The molecule has 5 saturated carbocycles. The van der Waals surface area contributed by atoms with Crippen molar-refractivity contribution in [1.29, 1.82) is 0 Å². The van der Waals surface area contributed by atoms with Crippen LogP contribution in [0.15, 0.2) is 0 Å². The normalized spacial score (nSPS) is 58.3. The average Bonchev–Trinajstić information content (AvgIpc) is 3.09. The van der Waals surface area contributed by atoms with Crippen molar-refractivity contribution in [1.82, 2.24) is 0 Å². The van der Waals surface area contributed by atoms with Gasteiger partial charge in [0.25, 0.3) is 0 Å². The third-order valence-corrected chi connectivity index (χ3v) is 11.6. The molecule has 5 rings (SSSR count). The van der Waals surface area contributed by atoms with Crippen LogP contribution in [-0.4, -0.2) is 22.4 Å². The van der Waals surface area contributed by atoms with E-state index >= 15 is 0 Å². The Hall–Kier alpha value is -0.0800. The number of hydrogen-bond donors (Lipinski definition) is 2. The number of aliphatic hydroxyl groups excluding tert-OH is 1. The largest absolute Gasteiger partial charge is 0.396 e. The van der Waals surface area contributed by atoms with E-state index in [1.54, 1.807) is 0 Å². The van der Waals surface area contributed by atoms with Crippen LogP contribution in [0.4, 0.5) is 0 Å². The van der Waals surface area contributed by atoms with Crippen LogP contribution in [0.2, 0.25) is 0 Å². The fourth-order valence-electron chi connectivity index (χ4n) is 10.3. The van der Waals surface area contributed by atoms with Crippen molar-refractivity contribution in [2.45, 2.75) is 97.5 Å². The third kappa shape index (κ3) is 2.40. The van der Waals surface area contributed by atoms with Gasteiger partial charge in [-0.1, -0.05) is 34.1 Å². The lowest BCUT2D eigenvalue weighted by Crippen LogP contribution is -2.54. The molecule has 5 fully saturated rings. The van der Waals surface area contributed by atoms with Gasteiger partial charge < -0.3 is 10.2 Å². The predicted molar refractivity (Wildman–Crippen MR) is 114 cm³/mol. The minimum Gasteiger partial charge on any atom is -0.396 e. The summed E-state index contributed by atoms with van der Waals surface area (Å²) in [5, 5.41) is 21.1. The van der Waals surface area contributed by atoms with Crippen LogP contribution in [0.5, 0.6) is 0 Å². The summed E-state index contributed by atoms with van der Waals surface area (Å²) in [5.74, 6) is 5.87. The van der Waals surface area contributed by atoms with Gasteiger partial charge in [0, 0.05) is 6.61 Å². The van der Waals surface area contributed by atoms with Crippen LogP contribution in [0.25, 0.3) is 0 Å². The second-order valence-corrected chi connectivity index (χ2v) is 12.4. The Bertz CT molecular complexity index is 618. The topological polar surface area (TPSA) is 40.5 Å². The summed E-state index contributed by atoms with van der Waals surface area (Å²) in [6, 6.07) is 0. The highest BCUT2D eigenvalue weighted by molar-refractivity contribution is 5.22. The first kappa shape index (κ1) is 19.9. The SMILES string of the molecule is CCCC1C2[C@H]3CC[C@@H]4[C@H](CC[C@]5(C)[C@@H](C(C)CO)CC[C@@H]45)[C@@]3(C)CC[C@]12O. The molecule has 2 N–H and O–H groups in total. The number of rotatable bonds is 4. The molecular formula is C26H44O2. The van der Waals surface area contributed by atoms with Gasteiger partial charge in [-0.05, 0) is 116 Å². The maximum absolute atomic E-state index is 11.3. The second-order valence-electron chi connectivity index (χ2n) is 12.4. The first-order chi connectivity index (χ1) is 13.3. The molecule has 5 aliphatic rings. The molecule has 0 saturated heterocycles. The van der Waals surface area contributed by atoms with Gasteiger partial charge in [-0.15, -0.1) is 0 Å². The molecule has 0 heterocycles. The van der Waals surface area contributed by atoms with E-state index in [1.165, 1.54) is 57.8 Å². The third-order valence-electron chi connectivity index (χ3n) is 11.6. The Morgan fingerprint density at radius 3 is 2.32 bits per heavy atom. The molecule has 2 nitrogen and oxygen atoms in total. The molecule has 11 atom stereocenters. The van der Waals surface area contributed by atoms with Gasteiger partial charge in [0.15, 0.2) is 0 Å². The summed E-state index contributed by atoms with van der Waals surface area (Å²) in [5.41, 5.74) is 0.655. The van der Waals surface area contributed by atoms with Crippen molar-refractivity contribution in [3.05, 3.63) is 0 Å². The van der Waals surface area contributed by atoms with E-state index in [4.69, 9.17) is 0 Å². The summed E-state index contributed by atoms with van der Waals surface area (Å²) in [4.78, 5) is 0. The van der Waals surface area contributed by atoms with Crippen molar-refractivity contribution >= 4 is 0 Å². The number of hydrogen-bond acceptors (Lipinski definition) is 2. The van der Waals surface area contributed by atoms with Crippen LogP contribution >= 0.6 is 0 Å². The molecule has 0 aliphatic heterocycles. The van der Waals surface area contributed by atoms with Crippen LogP contribution in [-0.2, 0) is 0 Å². The Labute approximate surface area is 172 Å². The maximum Gasteiger partial charge on any atom is 0.0714 e. The quantitative estimate of drug-likeness (QED) is 0.652. The van der Waals surface area contributed by atoms with Crippen LogP contribution in [0, 0.1) is 58.2 Å². The molecule has 0 amide bonds. The smallest absolute Gasteiger partial charge is 0.0714 e. The van der Waals surface area contributed by atoms with Crippen molar-refractivity contribution < 1.29 is 10.2 Å². The summed E-state index contributed by atoms with van der Waals surface area (Å²) in [7, 11) is 0. The molecule has 5 aliphatic carbocycles. The maximum atomic E-state index is 11.3. The molecule has 0 aromatic rings. The van der Waals surface area contributed by atoms with Gasteiger partial charge >= 0.3 is 0 Å². The highest BCUT2D eigenvalue weighted by Crippen LogP contribution is 2.75. The number of fused-ring (bicyclic) bond motifs is 7. The van der Waals surface area contributed by atoms with Crippen molar-refractivity contribution in [2.24, 2.45) is 58.2 Å². The molecule has 0 aromatic carbocycles. The highest BCUT2D eigenvalue weighted by atomic mass is 16.3. The summed E-state index contributed by atoms with van der Waals surface area (Å²) >= 11 is 0. The molecule has 2 heteroatoms. The van der Waals surface area contributed by atoms with Gasteiger partial charge in [-0.2, -0.15) is 0 Å². The zero-order valence-corrected chi connectivity index (χ0v) is 18.8. The monoisotopic (exact) mass is 388 g/mol. The van der Waals surface area contributed by atoms with E-state index in [0.717, 1.165) is 36.0 Å². The van der Waals surface area contributed by atoms with E-state index < -0.39 is 0 Å². The van der Waals surface area contributed by atoms with Gasteiger partial charge in [0.1, 0.15) is 0 Å². The minimum absolute atomic E-state index is 0.286. The van der Waals surface area contributed by atoms with E-state index in [2.05, 4.69) is 27.7 Å². The Morgan fingerprint density at radius 1 is 0.893 bits per heavy atom. The Balaban J connectivity index is 1.39. The van der Waals surface area contributed by atoms with Gasteiger partial charge in [-0.3, -0.25) is 0 Å². The van der Waals surface area contributed by atoms with E-state index in [1.807, 2.05) is 0 Å². The van der Waals surface area contributed by atoms with Crippen LogP contribution in [0.1, 0.15) is 91.9 Å². The summed E-state index contributed by atoms with van der Waals surface area (Å²) < 4.78 is 0. The summed E-state index contributed by atoms with van der Waals surface area (Å²) in [6.45, 7) is 10.2. The molecule has 160 valence electrons. The average molecular weight is 389 g/mol. The Morgan fingerprint density at radius 2 is 1.61 bits per heavy atom. The van der Waals surface area contributed by atoms with Crippen LogP contribution < -0.4 is 0 Å². The fourth-order valence-corrected chi connectivity index (χ4v) is 10.3. The zero-order valence-electron chi connectivity index (χ0n) is 18.8. The van der Waals surface area contributed by atoms with E-state index in [0.29, 0.717) is 35.2 Å². The van der Waals surface area contributed by atoms with Gasteiger partial charge in [0.2, 0.25) is 0 Å². The molecule has 0 radical (unpaired) electrons. The summed E-state index contributed by atoms with van der Waals surface area (Å²) in [6.07, 6.45) is 13.1. The standard InChI is InChI=1S/C26H44O2/c1-5-6-22-23-21-8-7-17-19-10-9-18(16(2)15-27)24(19,3)12-11-20(17)25(21,4)13-14-26(22,23)28/h16-23,27-28H,5-15H2,1-4H3/t16?,17-,18+,19-,20-,21+,22?,23?,24+,25+,26-/m0/s1. The Kier molecular flexibility index (Phi) is 4.58. The molecule has 3 unspecified atom stereocenters. The fraction of sp³-hybridized carbons (Fsp3) is 1.00. The van der Waals surface area contributed by atoms with Crippen LogP contribution in [0.3, 0.4) is 0 Å². The lowest BCUT2D eigenvalue weighted by atomic mass is 9.44. The lowest BCUT2D eigenvalue weighted by molar-refractivity contribution is -0.132. The molecule has 28 heavy (non-hydrogen) atoms. The highest BCUT2D eigenvalue weighted by Gasteiger charge is 2.73. The molecule has 0 spiro atoms. The first-order valence-electron chi connectivity index (χ1n) is 12.6. The number of aliphatic hydroxyl groups is 2. The van der Waals surface area contributed by atoms with Crippen molar-refractivity contribution in [3.63, 3.8) is 0 Å². The molecule has 0 aromatic heterocycles. The second kappa shape index (κ2) is 6.46. The molecule has 0 bridgehead atoms. The lowest BCUT2D eigenvalue weighted by Gasteiger charge is -2.61. The van der Waals surface area contributed by atoms with Crippen molar-refractivity contribution in [2.75, 3.05) is 6.61 Å². The van der Waals surface area contributed by atoms with Gasteiger partial charge in [-0.25, -0.2) is 0 Å². The van der Waals surface area contributed by atoms with E-state index in [9.17, 15) is 10.2 Å². The first-order valence-corrected chi connectivity index (χ1v) is 12.6. The molecular weight excluding hydrogens is 344 g/mol. The van der Waals surface area contributed by atoms with Gasteiger partial charge in [0.05, 0.1) is 5.60 Å². The van der Waals surface area contributed by atoms with E-state index in [-0.39, 0.29) is 5.60 Å². The minimum atomic E-state index is -0.286. The zero-order chi connectivity index (χ0) is 19.9.